The molecule has 15 heteroatoms. The third-order valence-electron chi connectivity index (χ3n) is 9.66. The van der Waals surface area contributed by atoms with Gasteiger partial charge in [-0.25, -0.2) is 13.8 Å². The number of pyridine rings is 1. The molecule has 0 bridgehead atoms. The first-order valence-corrected chi connectivity index (χ1v) is 16.0. The first-order chi connectivity index (χ1) is 22.7. The molecule has 2 aliphatic rings. The van der Waals surface area contributed by atoms with E-state index >= 15 is 0 Å². The van der Waals surface area contributed by atoms with Gasteiger partial charge in [-0.1, -0.05) is 31.3 Å². The van der Waals surface area contributed by atoms with Gasteiger partial charge in [-0.2, -0.15) is 31.1 Å². The Morgan fingerprint density at radius 2 is 1.50 bits per heavy atom. The molecule has 1 aliphatic carbocycles. The topological polar surface area (TPSA) is 63.0 Å². The molecule has 2 aromatic carbocycles. The van der Waals surface area contributed by atoms with Gasteiger partial charge in [0, 0.05) is 42.7 Å². The maximum Gasteiger partial charge on any atom is 0.416 e. The molecule has 3 heterocycles. The molecule has 0 radical (unpaired) electrons. The lowest BCUT2D eigenvalue weighted by Gasteiger charge is -2.38. The molecule has 0 unspecified atom stereocenters. The Balaban J connectivity index is 1.43. The number of aromatic nitrogens is 5. The van der Waals surface area contributed by atoms with E-state index in [1.54, 1.807) is 6.07 Å². The molecule has 4 aromatic rings. The Labute approximate surface area is 271 Å². The summed E-state index contributed by atoms with van der Waals surface area (Å²) in [5.41, 5.74) is -2.42. The van der Waals surface area contributed by atoms with E-state index in [-0.39, 0.29) is 41.1 Å². The molecule has 258 valence electrons. The van der Waals surface area contributed by atoms with Crippen LogP contribution in [0, 0.1) is 23.5 Å². The predicted molar refractivity (Wildman–Crippen MR) is 163 cm³/mol. The number of alkyl halides is 6. The highest BCUT2D eigenvalue weighted by Crippen LogP contribution is 2.41. The van der Waals surface area contributed by atoms with Crippen LogP contribution in [0.2, 0.25) is 0 Å². The van der Waals surface area contributed by atoms with Crippen LogP contribution in [0.1, 0.15) is 74.1 Å². The average molecular weight is 682 g/mol. The Morgan fingerprint density at radius 1 is 0.833 bits per heavy atom. The molecule has 0 N–H and O–H groups in total. The zero-order valence-electron chi connectivity index (χ0n) is 26.4. The van der Waals surface area contributed by atoms with Crippen LogP contribution < -0.4 is 9.80 Å². The zero-order chi connectivity index (χ0) is 34.4. The Bertz CT molecular complexity index is 1730. The summed E-state index contributed by atoms with van der Waals surface area (Å²) in [7, 11) is 1.48. The van der Waals surface area contributed by atoms with Gasteiger partial charge in [-0.15, -0.1) is 5.10 Å². The highest BCUT2D eigenvalue weighted by molar-refractivity contribution is 5.82. The van der Waals surface area contributed by atoms with E-state index in [9.17, 15) is 35.1 Å². The fourth-order valence-electron chi connectivity index (χ4n) is 7.23. The van der Waals surface area contributed by atoms with Crippen molar-refractivity contribution in [2.24, 2.45) is 18.9 Å². The minimum atomic E-state index is -5.03. The normalized spacial score (nSPS) is 20.5. The molecule has 48 heavy (non-hydrogen) atoms. The van der Waals surface area contributed by atoms with Crippen molar-refractivity contribution in [2.75, 3.05) is 16.3 Å². The summed E-state index contributed by atoms with van der Waals surface area (Å²) in [4.78, 5) is 9.53. The number of rotatable bonds is 8. The van der Waals surface area contributed by atoms with Crippen LogP contribution in [0.5, 0.6) is 0 Å². The van der Waals surface area contributed by atoms with E-state index < -0.39 is 41.7 Å². The smallest absolute Gasteiger partial charge is 0.353 e. The van der Waals surface area contributed by atoms with Crippen molar-refractivity contribution < 1.29 is 35.1 Å². The number of aryl methyl sites for hydroxylation is 1. The Kier molecular flexibility index (Phi) is 9.24. The molecule has 1 atom stereocenters. The lowest BCUT2D eigenvalue weighted by atomic mass is 9.77. The molecule has 0 amide bonds. The molecule has 1 aliphatic heterocycles. The van der Waals surface area contributed by atoms with Crippen LogP contribution >= 0.6 is 0 Å². The molecule has 1 saturated carbocycles. The molecule has 1 saturated heterocycles. The molecular weight excluding hydrogens is 646 g/mol. The number of nitrogens with zero attached hydrogens (tertiary/aromatic N) is 7. The van der Waals surface area contributed by atoms with Gasteiger partial charge in [0.25, 0.3) is 5.95 Å². The second kappa shape index (κ2) is 13.1. The minimum Gasteiger partial charge on any atom is -0.353 e. The highest BCUT2D eigenvalue weighted by Gasteiger charge is 2.38. The molecular formula is C33H35F8N7. The largest absolute Gasteiger partial charge is 0.416 e. The summed E-state index contributed by atoms with van der Waals surface area (Å²) in [6.45, 7) is 2.28. The van der Waals surface area contributed by atoms with E-state index in [1.807, 2.05) is 0 Å². The van der Waals surface area contributed by atoms with Gasteiger partial charge in [0.15, 0.2) is 11.6 Å². The second-order valence-corrected chi connectivity index (χ2v) is 12.9. The van der Waals surface area contributed by atoms with E-state index in [0.717, 1.165) is 61.9 Å². The Hall–Kier alpha value is -4.04. The van der Waals surface area contributed by atoms with E-state index in [2.05, 4.69) is 27.2 Å². The Morgan fingerprint density at radius 3 is 2.10 bits per heavy atom. The van der Waals surface area contributed by atoms with Gasteiger partial charge in [0.05, 0.1) is 23.7 Å². The highest BCUT2D eigenvalue weighted by atomic mass is 19.4. The zero-order valence-corrected chi connectivity index (χ0v) is 26.4. The fraction of sp³-hybridized carbons (Fsp3) is 0.515. The number of hydrogen-bond donors (Lipinski definition) is 0. The van der Waals surface area contributed by atoms with Crippen molar-refractivity contribution >= 4 is 22.7 Å². The SMILES string of the molecule is CCC1CCC([C@H]2CCCN2c2nc3cc(F)c(F)cc3cc2CN(Cc2cc(C(F)(F)F)cc(C(F)(F)F)c2)c2nnn(C)n2)CC1. The van der Waals surface area contributed by atoms with Gasteiger partial charge < -0.3 is 9.80 Å². The number of benzene rings is 2. The minimum absolute atomic E-state index is 0.0457. The number of halogens is 8. The lowest BCUT2D eigenvalue weighted by Crippen LogP contribution is -2.39. The number of hydrogen-bond acceptors (Lipinski definition) is 6. The first-order valence-electron chi connectivity index (χ1n) is 16.0. The molecule has 7 nitrogen and oxygen atoms in total. The lowest BCUT2D eigenvalue weighted by molar-refractivity contribution is -0.143. The fourth-order valence-corrected chi connectivity index (χ4v) is 7.23. The number of anilines is 2. The quantitative estimate of drug-likeness (QED) is 0.174. The van der Waals surface area contributed by atoms with E-state index in [4.69, 9.17) is 4.98 Å². The van der Waals surface area contributed by atoms with E-state index in [0.29, 0.717) is 41.9 Å². The summed E-state index contributed by atoms with van der Waals surface area (Å²) in [5.74, 6) is -0.594. The van der Waals surface area contributed by atoms with Crippen LogP contribution in [0.25, 0.3) is 10.9 Å². The monoisotopic (exact) mass is 681 g/mol. The molecule has 0 spiro atoms. The van der Waals surface area contributed by atoms with Crippen molar-refractivity contribution in [2.45, 2.75) is 83.4 Å². The van der Waals surface area contributed by atoms with Crippen molar-refractivity contribution in [1.82, 2.24) is 25.2 Å². The van der Waals surface area contributed by atoms with Crippen LogP contribution in [0.4, 0.5) is 46.9 Å². The van der Waals surface area contributed by atoms with Crippen LogP contribution in [-0.4, -0.2) is 37.8 Å². The van der Waals surface area contributed by atoms with Crippen LogP contribution in [0.15, 0.2) is 36.4 Å². The number of fused-ring (bicyclic) bond motifs is 1. The molecule has 2 fully saturated rings. The van der Waals surface area contributed by atoms with Crippen molar-refractivity contribution in [3.63, 3.8) is 0 Å². The summed E-state index contributed by atoms with van der Waals surface area (Å²) in [5, 5.41) is 12.3. The standard InChI is InChI=1S/C33H35F8N7/c1-3-19-6-8-21(9-7-19)29-5-4-10-48(29)30-23(13-22-14-26(34)27(35)16-28(22)42-30)18-47(31-43-45-46(2)44-31)17-20-11-24(32(36,37)38)15-25(12-20)33(39,40)41/h11-16,19,21,29H,3-10,17-18H2,1-2H3/t19?,21?,29-/m1/s1. The second-order valence-electron chi connectivity index (χ2n) is 12.9. The maximum atomic E-state index is 14.4. The molecule has 2 aromatic heterocycles. The van der Waals surface area contributed by atoms with Crippen molar-refractivity contribution in [3.8, 4) is 0 Å². The van der Waals surface area contributed by atoms with Crippen LogP contribution in [0.3, 0.4) is 0 Å². The van der Waals surface area contributed by atoms with Gasteiger partial charge in [-0.05, 0) is 78.6 Å². The van der Waals surface area contributed by atoms with Gasteiger partial charge in [0.2, 0.25) is 0 Å². The van der Waals surface area contributed by atoms with Crippen LogP contribution in [-0.2, 0) is 32.5 Å². The average Bonchev–Trinajstić information content (AvgIpc) is 3.70. The summed E-state index contributed by atoms with van der Waals surface area (Å²) in [6, 6.07) is 5.23. The van der Waals surface area contributed by atoms with Crippen molar-refractivity contribution in [3.05, 3.63) is 70.3 Å². The summed E-state index contributed by atoms with van der Waals surface area (Å²) < 4.78 is 111. The number of tetrazole rings is 1. The van der Waals surface area contributed by atoms with Gasteiger partial charge in [-0.3, -0.25) is 0 Å². The van der Waals surface area contributed by atoms with Gasteiger partial charge >= 0.3 is 12.4 Å². The third kappa shape index (κ3) is 7.19. The third-order valence-corrected chi connectivity index (χ3v) is 9.66. The van der Waals surface area contributed by atoms with E-state index in [1.165, 1.54) is 11.9 Å². The maximum absolute atomic E-state index is 14.4. The van der Waals surface area contributed by atoms with Gasteiger partial charge in [0.1, 0.15) is 5.82 Å². The summed E-state index contributed by atoms with van der Waals surface area (Å²) >= 11 is 0. The van der Waals surface area contributed by atoms with Crippen molar-refractivity contribution in [1.29, 1.82) is 0 Å². The first kappa shape index (κ1) is 33.8. The predicted octanol–water partition coefficient (Wildman–Crippen LogP) is 8.47. The molecule has 6 rings (SSSR count). The summed E-state index contributed by atoms with van der Waals surface area (Å²) in [6.07, 6.45) is -2.78.